The van der Waals surface area contributed by atoms with Crippen molar-refractivity contribution in [2.24, 2.45) is 0 Å². The number of ketones is 1. The largest absolute Gasteiger partial charge is 0.492 e. The molecule has 4 aromatic rings. The first-order valence-electron chi connectivity index (χ1n) is 11.4. The zero-order valence-corrected chi connectivity index (χ0v) is 19.6. The van der Waals surface area contributed by atoms with E-state index in [9.17, 15) is 4.79 Å². The van der Waals surface area contributed by atoms with Crippen LogP contribution >= 0.6 is 11.3 Å². The van der Waals surface area contributed by atoms with Crippen molar-refractivity contribution >= 4 is 27.2 Å². The van der Waals surface area contributed by atoms with E-state index in [2.05, 4.69) is 4.90 Å². The minimum Gasteiger partial charge on any atom is -0.492 e. The van der Waals surface area contributed by atoms with E-state index < -0.39 is 0 Å². The van der Waals surface area contributed by atoms with Gasteiger partial charge in [-0.25, -0.2) is 0 Å². The molecule has 0 atom stereocenters. The molecule has 168 valence electrons. The topological polar surface area (TPSA) is 38.8 Å². The van der Waals surface area contributed by atoms with Crippen molar-refractivity contribution in [1.29, 1.82) is 0 Å². The van der Waals surface area contributed by atoms with Crippen LogP contribution in [0.3, 0.4) is 0 Å². The van der Waals surface area contributed by atoms with Gasteiger partial charge in [0.05, 0.1) is 0 Å². The van der Waals surface area contributed by atoms with Crippen LogP contribution in [-0.2, 0) is 0 Å². The average Bonchev–Trinajstić information content (AvgIpc) is 3.48. The Balaban J connectivity index is 1.36. The van der Waals surface area contributed by atoms with Crippen molar-refractivity contribution in [2.45, 2.75) is 19.8 Å². The quantitative estimate of drug-likeness (QED) is 0.276. The van der Waals surface area contributed by atoms with Crippen molar-refractivity contribution < 1.29 is 14.3 Å². The number of fused-ring (bicyclic) bond motifs is 1. The summed E-state index contributed by atoms with van der Waals surface area (Å²) in [4.78, 5) is 16.5. The van der Waals surface area contributed by atoms with Gasteiger partial charge >= 0.3 is 0 Å². The molecule has 33 heavy (non-hydrogen) atoms. The van der Waals surface area contributed by atoms with Gasteiger partial charge in [0.25, 0.3) is 0 Å². The van der Waals surface area contributed by atoms with E-state index in [0.717, 1.165) is 27.9 Å². The number of aryl methyl sites for hydroxylation is 1. The normalized spacial score (nSPS) is 14.0. The summed E-state index contributed by atoms with van der Waals surface area (Å²) in [5, 5.41) is 0.949. The molecule has 1 aliphatic rings. The molecule has 0 bridgehead atoms. The third kappa shape index (κ3) is 4.80. The van der Waals surface area contributed by atoms with Crippen LogP contribution in [0.4, 0.5) is 0 Å². The van der Waals surface area contributed by atoms with Crippen LogP contribution in [0.1, 0.15) is 33.6 Å². The Morgan fingerprint density at radius 1 is 0.909 bits per heavy atom. The maximum atomic E-state index is 13.4. The Morgan fingerprint density at radius 3 is 2.39 bits per heavy atom. The highest BCUT2D eigenvalue weighted by Gasteiger charge is 2.22. The molecule has 2 heterocycles. The molecule has 1 aromatic heterocycles. The van der Waals surface area contributed by atoms with E-state index >= 15 is 0 Å². The molecule has 0 amide bonds. The van der Waals surface area contributed by atoms with Crippen LogP contribution in [0.15, 0.2) is 72.8 Å². The summed E-state index contributed by atoms with van der Waals surface area (Å²) in [5.74, 6) is 2.12. The minimum atomic E-state index is -0.00818. The maximum Gasteiger partial charge on any atom is 0.207 e. The SMILES string of the molecule is Cc1ccccc1C(=O)c1sc2ccccc2c1Oc1ccc(OCCN2CCCC2)cc1. The van der Waals surface area contributed by atoms with Gasteiger partial charge in [0.2, 0.25) is 5.78 Å². The van der Waals surface area contributed by atoms with Gasteiger partial charge in [-0.05, 0) is 74.8 Å². The third-order valence-corrected chi connectivity index (χ3v) is 7.22. The first kappa shape index (κ1) is 21.7. The van der Waals surface area contributed by atoms with Gasteiger partial charge in [-0.2, -0.15) is 0 Å². The van der Waals surface area contributed by atoms with Crippen LogP contribution in [0.5, 0.6) is 17.2 Å². The maximum absolute atomic E-state index is 13.4. The first-order chi connectivity index (χ1) is 16.2. The molecule has 0 radical (unpaired) electrons. The third-order valence-electron chi connectivity index (χ3n) is 6.06. The smallest absolute Gasteiger partial charge is 0.207 e. The highest BCUT2D eigenvalue weighted by molar-refractivity contribution is 7.21. The summed E-state index contributed by atoms with van der Waals surface area (Å²) in [7, 11) is 0. The zero-order valence-electron chi connectivity index (χ0n) is 18.8. The van der Waals surface area contributed by atoms with Crippen molar-refractivity contribution in [3.63, 3.8) is 0 Å². The molecular formula is C28H27NO3S. The predicted molar refractivity (Wildman–Crippen MR) is 134 cm³/mol. The molecule has 5 rings (SSSR count). The molecule has 1 saturated heterocycles. The van der Waals surface area contributed by atoms with Crippen molar-refractivity contribution in [1.82, 2.24) is 4.90 Å². The van der Waals surface area contributed by atoms with E-state index in [1.165, 1.54) is 37.3 Å². The highest BCUT2D eigenvalue weighted by Crippen LogP contribution is 2.41. The van der Waals surface area contributed by atoms with E-state index in [0.29, 0.717) is 28.5 Å². The summed E-state index contributed by atoms with van der Waals surface area (Å²) >= 11 is 1.48. The summed E-state index contributed by atoms with van der Waals surface area (Å²) in [6, 6.07) is 23.3. The number of carbonyl (C=O) groups excluding carboxylic acids is 1. The first-order valence-corrected chi connectivity index (χ1v) is 12.3. The summed E-state index contributed by atoms with van der Waals surface area (Å²) in [6.07, 6.45) is 2.58. The van der Waals surface area contributed by atoms with Crippen molar-refractivity contribution in [3.05, 3.63) is 88.8 Å². The second kappa shape index (κ2) is 9.77. The number of likely N-dealkylation sites (tertiary alicyclic amines) is 1. The summed E-state index contributed by atoms with van der Waals surface area (Å²) < 4.78 is 13.3. The lowest BCUT2D eigenvalue weighted by atomic mass is 10.0. The van der Waals surface area contributed by atoms with Gasteiger partial charge in [0, 0.05) is 22.2 Å². The Hall–Kier alpha value is -3.15. The minimum absolute atomic E-state index is 0.00818. The molecular weight excluding hydrogens is 430 g/mol. The Bertz CT molecular complexity index is 1260. The lowest BCUT2D eigenvalue weighted by molar-refractivity contribution is 0.104. The van der Waals surface area contributed by atoms with Crippen LogP contribution in [0.25, 0.3) is 10.1 Å². The van der Waals surface area contributed by atoms with E-state index in [1.807, 2.05) is 79.7 Å². The Labute approximate surface area is 198 Å². The molecule has 0 unspecified atom stereocenters. The molecule has 1 aliphatic heterocycles. The Kier molecular flexibility index (Phi) is 6.42. The van der Waals surface area contributed by atoms with E-state index in [4.69, 9.17) is 9.47 Å². The standard InChI is InChI=1S/C28H27NO3S/c1-20-8-2-3-9-23(20)26(30)28-27(24-10-4-5-11-25(24)33-28)32-22-14-12-21(13-15-22)31-19-18-29-16-6-7-17-29/h2-5,8-15H,6-7,16-19H2,1H3. The van der Waals surface area contributed by atoms with E-state index in [1.54, 1.807) is 0 Å². The van der Waals surface area contributed by atoms with Gasteiger partial charge in [0.1, 0.15) is 23.0 Å². The predicted octanol–water partition coefficient (Wildman–Crippen LogP) is 6.71. The van der Waals surface area contributed by atoms with Crippen LogP contribution < -0.4 is 9.47 Å². The van der Waals surface area contributed by atoms with Crippen molar-refractivity contribution in [2.75, 3.05) is 26.2 Å². The molecule has 0 saturated carbocycles. The molecule has 5 heteroatoms. The summed E-state index contributed by atoms with van der Waals surface area (Å²) in [6.45, 7) is 5.96. The number of nitrogens with zero attached hydrogens (tertiary/aromatic N) is 1. The average molecular weight is 458 g/mol. The monoisotopic (exact) mass is 457 g/mol. The molecule has 0 aliphatic carbocycles. The van der Waals surface area contributed by atoms with Crippen LogP contribution in [0.2, 0.25) is 0 Å². The fourth-order valence-electron chi connectivity index (χ4n) is 4.24. The fourth-order valence-corrected chi connectivity index (χ4v) is 5.33. The fraction of sp³-hybridized carbons (Fsp3) is 0.250. The highest BCUT2D eigenvalue weighted by atomic mass is 32.1. The van der Waals surface area contributed by atoms with Gasteiger partial charge in [-0.15, -0.1) is 11.3 Å². The second-order valence-corrected chi connectivity index (χ2v) is 9.42. The van der Waals surface area contributed by atoms with Crippen LogP contribution in [0, 0.1) is 6.92 Å². The lowest BCUT2D eigenvalue weighted by Crippen LogP contribution is -2.25. The number of ether oxygens (including phenoxy) is 2. The molecule has 0 N–H and O–H groups in total. The van der Waals surface area contributed by atoms with Crippen LogP contribution in [-0.4, -0.2) is 36.9 Å². The molecule has 4 nitrogen and oxygen atoms in total. The van der Waals surface area contributed by atoms with Gasteiger partial charge < -0.3 is 9.47 Å². The zero-order chi connectivity index (χ0) is 22.6. The number of rotatable bonds is 8. The molecule has 0 spiro atoms. The number of hydrogen-bond acceptors (Lipinski definition) is 5. The number of thiophene rings is 1. The van der Waals surface area contributed by atoms with Crippen molar-refractivity contribution in [3.8, 4) is 17.2 Å². The molecule has 3 aromatic carbocycles. The molecule has 1 fully saturated rings. The van der Waals surface area contributed by atoms with Gasteiger partial charge in [-0.3, -0.25) is 9.69 Å². The lowest BCUT2D eigenvalue weighted by Gasteiger charge is -2.15. The van der Waals surface area contributed by atoms with Gasteiger partial charge in [0.15, 0.2) is 5.75 Å². The van der Waals surface area contributed by atoms with Gasteiger partial charge in [-0.1, -0.05) is 36.4 Å². The number of carbonyl (C=O) groups is 1. The number of hydrogen-bond donors (Lipinski definition) is 0. The number of benzene rings is 3. The summed E-state index contributed by atoms with van der Waals surface area (Å²) in [5.41, 5.74) is 1.66. The Morgan fingerprint density at radius 2 is 1.61 bits per heavy atom. The van der Waals surface area contributed by atoms with E-state index in [-0.39, 0.29) is 5.78 Å². The second-order valence-electron chi connectivity index (χ2n) is 8.37.